The number of halogens is 2. The Kier molecular flexibility index (Phi) is 12.0. The van der Waals surface area contributed by atoms with Gasteiger partial charge in [0.05, 0.1) is 0 Å². The van der Waals surface area contributed by atoms with Gasteiger partial charge in [-0.1, -0.05) is 96.1 Å². The van der Waals surface area contributed by atoms with Crippen molar-refractivity contribution in [1.29, 1.82) is 0 Å². The van der Waals surface area contributed by atoms with E-state index in [1.807, 2.05) is 0 Å². The molecule has 0 bridgehead atoms. The fourth-order valence-electron chi connectivity index (χ4n) is 5.07. The number of rotatable bonds is 2. The fourth-order valence-corrected chi connectivity index (χ4v) is 7.30. The first-order valence-electron chi connectivity index (χ1n) is 13.3. The molecule has 0 aromatic heterocycles. The molecule has 7 rings (SSSR count). The second kappa shape index (κ2) is 14.9. The molecule has 7 aromatic carbocycles. The predicted molar refractivity (Wildman–Crippen MR) is 166 cm³/mol. The van der Waals surface area contributed by atoms with Gasteiger partial charge in [0.2, 0.25) is 0 Å². The van der Waals surface area contributed by atoms with Gasteiger partial charge in [0.1, 0.15) is 0 Å². The van der Waals surface area contributed by atoms with Crippen molar-refractivity contribution >= 4 is 53.7 Å². The number of hydrogen-bond donors (Lipinski definition) is 0. The van der Waals surface area contributed by atoms with Crippen LogP contribution in [0.1, 0.15) is 18.1 Å². The van der Waals surface area contributed by atoms with Crippen molar-refractivity contribution < 1.29 is 48.1 Å². The van der Waals surface area contributed by atoms with E-state index in [9.17, 15) is 0 Å². The summed E-state index contributed by atoms with van der Waals surface area (Å²) in [5.74, 6) is 0. The minimum absolute atomic E-state index is 0. The molecule has 0 nitrogen and oxygen atoms in total. The Bertz CT molecular complexity index is 1740. The third-order valence-corrected chi connectivity index (χ3v) is 13.5. The molecule has 0 heterocycles. The van der Waals surface area contributed by atoms with Gasteiger partial charge < -0.3 is 24.8 Å². The van der Waals surface area contributed by atoms with Crippen LogP contribution >= 0.6 is 0 Å². The van der Waals surface area contributed by atoms with Gasteiger partial charge in [-0.05, 0) is 0 Å². The van der Waals surface area contributed by atoms with Gasteiger partial charge >= 0.3 is 77.3 Å². The Labute approximate surface area is 265 Å². The molecule has 0 N–H and O–H groups in total. The zero-order valence-corrected chi connectivity index (χ0v) is 28.1. The van der Waals surface area contributed by atoms with E-state index in [4.69, 9.17) is 0 Å². The van der Waals surface area contributed by atoms with Crippen LogP contribution in [0.3, 0.4) is 0 Å². The molecule has 4 heteroatoms. The summed E-state index contributed by atoms with van der Waals surface area (Å²) in [5, 5.41) is 12.4. The van der Waals surface area contributed by atoms with Crippen molar-refractivity contribution in [1.82, 2.24) is 0 Å². The van der Waals surface area contributed by atoms with Gasteiger partial charge in [-0.15, -0.1) is 56.9 Å². The summed E-state index contributed by atoms with van der Waals surface area (Å²) in [6.45, 7) is 6.58. The van der Waals surface area contributed by atoms with Crippen LogP contribution in [0.5, 0.6) is 0 Å². The fraction of sp³-hybridized carbons (Fsp3) is 0.111. The molecule has 0 radical (unpaired) electrons. The van der Waals surface area contributed by atoms with E-state index in [1.54, 1.807) is 28.5 Å². The maximum absolute atomic E-state index is 2.29. The van der Waals surface area contributed by atoms with Gasteiger partial charge in [-0.2, -0.15) is 12.1 Å². The molecule has 0 spiro atoms. The zero-order chi connectivity index (χ0) is 26.5. The van der Waals surface area contributed by atoms with Crippen LogP contribution < -0.4 is 30.0 Å². The van der Waals surface area contributed by atoms with Crippen LogP contribution in [-0.4, -0.2) is 5.43 Å². The van der Waals surface area contributed by atoms with Crippen LogP contribution in [0.2, 0.25) is 6.04 Å². The Morgan fingerprint density at radius 2 is 0.950 bits per heavy atom. The van der Waals surface area contributed by atoms with Crippen LogP contribution in [0, 0.1) is 13.8 Å². The Hall–Kier alpha value is -2.48. The van der Waals surface area contributed by atoms with Crippen LogP contribution in [0.4, 0.5) is 0 Å². The largest absolute Gasteiger partial charge is 1.00 e. The van der Waals surface area contributed by atoms with Gasteiger partial charge in [-0.25, -0.2) is 0 Å². The van der Waals surface area contributed by atoms with Gasteiger partial charge in [0.25, 0.3) is 0 Å². The molecule has 0 fully saturated rings. The molecule has 0 amide bonds. The summed E-state index contributed by atoms with van der Waals surface area (Å²) in [6, 6.07) is 47.1. The number of hydrogen-bond acceptors (Lipinski definition) is 0. The average molecular weight is 655 g/mol. The van der Waals surface area contributed by atoms with Crippen LogP contribution in [-0.2, 0) is 23.3 Å². The number of fused-ring (bicyclic) bond motifs is 6. The maximum atomic E-state index is 2.29. The summed E-state index contributed by atoms with van der Waals surface area (Å²) in [4.78, 5) is 0. The van der Waals surface area contributed by atoms with E-state index >= 15 is 0 Å². The third-order valence-electron chi connectivity index (χ3n) is 6.99. The van der Waals surface area contributed by atoms with E-state index in [2.05, 4.69) is 148 Å². The van der Waals surface area contributed by atoms with Crippen LogP contribution in [0.15, 0.2) is 127 Å². The second-order valence-corrected chi connectivity index (χ2v) is 16.5. The smallest absolute Gasteiger partial charge is 0.0579 e. The Morgan fingerprint density at radius 3 is 1.40 bits per heavy atom. The molecule has 40 heavy (non-hydrogen) atoms. The van der Waals surface area contributed by atoms with Gasteiger partial charge in [0, 0.05) is 0 Å². The zero-order valence-electron chi connectivity index (χ0n) is 23.1. The molecule has 0 saturated carbocycles. The Balaban J connectivity index is 0.000000164. The maximum Gasteiger partial charge on any atom is -0.0579 e. The van der Waals surface area contributed by atoms with Crippen molar-refractivity contribution in [2.24, 2.45) is 0 Å². The van der Waals surface area contributed by atoms with Crippen LogP contribution in [0.25, 0.3) is 43.1 Å². The monoisotopic (exact) mass is 652 g/mol. The normalized spacial score (nSPS) is 10.2. The summed E-state index contributed by atoms with van der Waals surface area (Å²) in [5.41, 5.74) is 2.57. The standard InChI is InChI=1S/2C14H11.C8H10Si.2ClH.Zr/c2*1-10-8-12-7-6-11-4-2-3-5-13(11)14(12)9-10;1-2-9-8-6-4-3-5-7-8;;;/h2*2-9H,1H3;3-7H,2H2,1H3;2*1H;/q2*-1;;;;+2/p-2. The van der Waals surface area contributed by atoms with Gasteiger partial charge in [-0.3, -0.25) is 0 Å². The van der Waals surface area contributed by atoms with E-state index in [0.29, 0.717) is 0 Å². The summed E-state index contributed by atoms with van der Waals surface area (Å²) in [6.07, 6.45) is 0. The average Bonchev–Trinajstić information content (AvgIpc) is 3.55. The SMILES string of the molecule is CC[Si](=[Zr+2])c1ccccc1.Cc1cc2ccc3ccccc3c2[cH-]1.Cc1cc2ccc3ccccc3c2[cH-]1.[Cl-].[Cl-]. The van der Waals surface area contributed by atoms with Crippen molar-refractivity contribution in [3.8, 4) is 0 Å². The van der Waals surface area contributed by atoms with E-state index in [0.717, 1.165) is 0 Å². The second-order valence-electron chi connectivity index (χ2n) is 9.84. The van der Waals surface area contributed by atoms with E-state index < -0.39 is 0 Å². The molecule has 0 aliphatic carbocycles. The van der Waals surface area contributed by atoms with Crippen molar-refractivity contribution in [2.75, 3.05) is 0 Å². The third kappa shape index (κ3) is 7.42. The summed E-state index contributed by atoms with van der Waals surface area (Å²) >= 11 is 1.72. The van der Waals surface area contributed by atoms with E-state index in [1.165, 1.54) is 60.3 Å². The molecule has 0 saturated heterocycles. The summed E-state index contributed by atoms with van der Waals surface area (Å²) in [7, 11) is 0. The minimum Gasteiger partial charge on any atom is -1.00 e. The number of benzene rings is 5. The molecule has 7 aromatic rings. The first-order valence-corrected chi connectivity index (χ1v) is 18.7. The quantitative estimate of drug-likeness (QED) is 0.198. The van der Waals surface area contributed by atoms with E-state index in [-0.39, 0.29) is 30.2 Å². The molecule has 0 aliphatic heterocycles. The molecule has 0 aliphatic rings. The minimum atomic E-state index is -0.117. The summed E-state index contributed by atoms with van der Waals surface area (Å²) < 4.78 is 0. The Morgan fingerprint density at radius 1 is 0.550 bits per heavy atom. The molecule has 200 valence electrons. The molecular formula is C36H32Cl2SiZr-2. The first kappa shape index (κ1) is 32.0. The molecular weight excluding hydrogens is 623 g/mol. The first-order chi connectivity index (χ1) is 18.5. The van der Waals surface area contributed by atoms with Crippen molar-refractivity contribution in [3.05, 3.63) is 139 Å². The van der Waals surface area contributed by atoms with Crippen molar-refractivity contribution in [2.45, 2.75) is 26.8 Å². The van der Waals surface area contributed by atoms with Gasteiger partial charge in [0.15, 0.2) is 0 Å². The topological polar surface area (TPSA) is 0 Å². The molecule has 0 unspecified atom stereocenters. The van der Waals surface area contributed by atoms with Crippen molar-refractivity contribution in [3.63, 3.8) is 0 Å². The number of aryl methyl sites for hydroxylation is 2. The predicted octanol–water partition coefficient (Wildman–Crippen LogP) is 3.50. The molecule has 0 atom stereocenters.